The maximum Gasteiger partial charge on any atom is 0.673 e. The Kier molecular flexibility index (Phi) is 6.27. The van der Waals surface area contributed by atoms with Gasteiger partial charge in [0.2, 0.25) is 11.2 Å². The summed E-state index contributed by atoms with van der Waals surface area (Å²) in [7, 11) is -6.00. The van der Waals surface area contributed by atoms with Crippen molar-refractivity contribution in [2.24, 2.45) is 0 Å². The number of benzene rings is 2. The summed E-state index contributed by atoms with van der Waals surface area (Å²) in [4.78, 5) is 15.0. The molecule has 0 aromatic heterocycles. The highest BCUT2D eigenvalue weighted by atomic mass is 19.5. The maximum absolute atomic E-state index is 12.7. The molecule has 2 aromatic rings. The fourth-order valence-corrected chi connectivity index (χ4v) is 1.73. The van der Waals surface area contributed by atoms with E-state index in [0.717, 1.165) is 12.1 Å². The van der Waals surface area contributed by atoms with Gasteiger partial charge in [-0.1, -0.05) is 30.3 Å². The van der Waals surface area contributed by atoms with Crippen LogP contribution in [0.1, 0.15) is 21.5 Å². The Morgan fingerprint density at radius 1 is 0.960 bits per heavy atom. The zero-order valence-corrected chi connectivity index (χ0v) is 12.1. The number of hydrogen-bond acceptors (Lipinski definition) is 2. The van der Waals surface area contributed by atoms with Crippen LogP contribution in [0.2, 0.25) is 0 Å². The van der Waals surface area contributed by atoms with Crippen molar-refractivity contribution in [2.75, 3.05) is 0 Å². The highest BCUT2D eigenvalue weighted by Crippen LogP contribution is 2.33. The molecule has 0 saturated heterocycles. The zero-order chi connectivity index (χ0) is 19.3. The molecule has 0 aliphatic heterocycles. The molecule has 0 atom stereocenters. The zero-order valence-electron chi connectivity index (χ0n) is 12.1. The van der Waals surface area contributed by atoms with Crippen LogP contribution in [0.15, 0.2) is 48.5 Å². The first-order valence-corrected chi connectivity index (χ1v) is 6.47. The van der Waals surface area contributed by atoms with Gasteiger partial charge in [0.05, 0.1) is 5.56 Å². The van der Waals surface area contributed by atoms with Crippen molar-refractivity contribution in [1.82, 2.24) is 0 Å². The lowest BCUT2D eigenvalue weighted by atomic mass is 9.99. The summed E-state index contributed by atoms with van der Waals surface area (Å²) in [6.07, 6.45) is -4.57. The summed E-state index contributed by atoms with van der Waals surface area (Å²) < 4.78 is 77.0. The fourth-order valence-electron chi connectivity index (χ4n) is 1.73. The standard InChI is InChI=1S/C14H8F3N2O.BF4/c15-14(16,17)10-6-7-12(19-18)11(8-10)13(20)9-4-2-1-3-5-9;2-1(3,4)5/h1-8H;/q+1;-1. The third-order valence-corrected chi connectivity index (χ3v) is 2.71. The predicted molar refractivity (Wildman–Crippen MR) is 76.2 cm³/mol. The van der Waals surface area contributed by atoms with Crippen LogP contribution in [0.3, 0.4) is 0 Å². The minimum atomic E-state index is -6.00. The molecule has 0 heterocycles. The van der Waals surface area contributed by atoms with Crippen molar-refractivity contribution in [3.05, 3.63) is 70.2 Å². The van der Waals surface area contributed by atoms with E-state index in [9.17, 15) is 35.2 Å². The minimum Gasteiger partial charge on any atom is -0.418 e. The van der Waals surface area contributed by atoms with Crippen LogP contribution >= 0.6 is 0 Å². The minimum absolute atomic E-state index is 0.202. The van der Waals surface area contributed by atoms with Crippen LogP contribution in [0.25, 0.3) is 4.98 Å². The average molecular weight is 364 g/mol. The predicted octanol–water partition coefficient (Wildman–Crippen LogP) is 5.72. The van der Waals surface area contributed by atoms with E-state index in [1.165, 1.54) is 12.1 Å². The molecule has 2 rings (SSSR count). The Labute approximate surface area is 136 Å². The van der Waals surface area contributed by atoms with E-state index >= 15 is 0 Å². The topological polar surface area (TPSA) is 45.2 Å². The molecular formula is C14H8BF7N2O. The van der Waals surface area contributed by atoms with Crippen molar-refractivity contribution in [3.63, 3.8) is 0 Å². The fraction of sp³-hybridized carbons (Fsp3) is 0.0714. The second-order valence-electron chi connectivity index (χ2n) is 4.52. The lowest BCUT2D eigenvalue weighted by Gasteiger charge is -2.06. The summed E-state index contributed by atoms with van der Waals surface area (Å²) in [6.45, 7) is 0. The van der Waals surface area contributed by atoms with Gasteiger partial charge in [-0.05, 0) is 12.1 Å². The van der Waals surface area contributed by atoms with Crippen molar-refractivity contribution in [3.8, 4) is 0 Å². The van der Waals surface area contributed by atoms with E-state index in [2.05, 4.69) is 4.98 Å². The normalized spacial score (nSPS) is 11.1. The van der Waals surface area contributed by atoms with Crippen LogP contribution < -0.4 is 0 Å². The summed E-state index contributed by atoms with van der Waals surface area (Å²) in [5.74, 6) is -0.635. The van der Waals surface area contributed by atoms with Gasteiger partial charge in [-0.2, -0.15) is 13.2 Å². The molecule has 0 N–H and O–H groups in total. The first-order valence-electron chi connectivity index (χ1n) is 6.47. The largest absolute Gasteiger partial charge is 0.673 e. The van der Waals surface area contributed by atoms with Gasteiger partial charge >= 0.3 is 19.1 Å². The van der Waals surface area contributed by atoms with Crippen LogP contribution in [0.5, 0.6) is 0 Å². The molecule has 11 heteroatoms. The van der Waals surface area contributed by atoms with E-state index in [0.29, 0.717) is 6.07 Å². The molecule has 0 radical (unpaired) electrons. The van der Waals surface area contributed by atoms with E-state index in [1.807, 2.05) is 0 Å². The Balaban J connectivity index is 0.000000550. The van der Waals surface area contributed by atoms with Crippen molar-refractivity contribution in [2.45, 2.75) is 6.18 Å². The van der Waals surface area contributed by atoms with Crippen LogP contribution in [0, 0.1) is 5.39 Å². The number of carbonyl (C=O) groups excluding carboxylic acids is 1. The Hall–Kier alpha value is -2.90. The van der Waals surface area contributed by atoms with Crippen LogP contribution in [-0.2, 0) is 6.18 Å². The molecule has 0 bridgehead atoms. The summed E-state index contributed by atoms with van der Waals surface area (Å²) in [5, 5.41) is 8.80. The van der Waals surface area contributed by atoms with E-state index in [-0.39, 0.29) is 16.8 Å². The lowest BCUT2D eigenvalue weighted by Crippen LogP contribution is -2.08. The Bertz CT molecular complexity index is 776. The van der Waals surface area contributed by atoms with Gasteiger partial charge < -0.3 is 17.3 Å². The molecule has 0 unspecified atom stereocenters. The Morgan fingerprint density at radius 3 is 1.92 bits per heavy atom. The van der Waals surface area contributed by atoms with Gasteiger partial charge in [-0.3, -0.25) is 4.79 Å². The van der Waals surface area contributed by atoms with Crippen LogP contribution in [0.4, 0.5) is 36.1 Å². The van der Waals surface area contributed by atoms with Crippen molar-refractivity contribution < 1.29 is 35.2 Å². The molecule has 0 spiro atoms. The molecule has 2 aromatic carbocycles. The average Bonchev–Trinajstić information content (AvgIpc) is 2.52. The van der Waals surface area contributed by atoms with Gasteiger partial charge in [-0.25, -0.2) is 0 Å². The van der Waals surface area contributed by atoms with E-state index in [4.69, 9.17) is 5.39 Å². The highest BCUT2D eigenvalue weighted by Gasteiger charge is 2.34. The van der Waals surface area contributed by atoms with Gasteiger partial charge in [-0.15, -0.1) is 0 Å². The first-order chi connectivity index (χ1) is 11.4. The van der Waals surface area contributed by atoms with Gasteiger partial charge in [0.1, 0.15) is 5.56 Å². The molecule has 0 amide bonds. The second kappa shape index (κ2) is 7.78. The highest BCUT2D eigenvalue weighted by molar-refractivity contribution is 6.50. The summed E-state index contributed by atoms with van der Waals surface area (Å²) >= 11 is 0. The molecule has 3 nitrogen and oxygen atoms in total. The van der Waals surface area contributed by atoms with Gasteiger partial charge in [0.15, 0.2) is 4.98 Å². The molecule has 0 saturated carbocycles. The molecule has 0 aliphatic carbocycles. The monoisotopic (exact) mass is 364 g/mol. The number of diazo groups is 1. The number of halogens is 7. The lowest BCUT2D eigenvalue weighted by molar-refractivity contribution is -0.137. The SMILES string of the molecule is F[B-](F)(F)F.N#[N+]c1ccc(C(F)(F)F)cc1C(=O)c1ccccc1. The number of nitrogens with zero attached hydrogens (tertiary/aromatic N) is 2. The summed E-state index contributed by atoms with van der Waals surface area (Å²) in [5.41, 5.74) is -1.25. The maximum atomic E-state index is 12.7. The second-order valence-corrected chi connectivity index (χ2v) is 4.52. The third-order valence-electron chi connectivity index (χ3n) is 2.71. The first kappa shape index (κ1) is 20.2. The molecule has 25 heavy (non-hydrogen) atoms. The Morgan fingerprint density at radius 2 is 1.48 bits per heavy atom. The van der Waals surface area contributed by atoms with Gasteiger partial charge in [0.25, 0.3) is 0 Å². The number of rotatable bonds is 2. The molecule has 0 aliphatic rings. The molecule has 132 valence electrons. The molecular weight excluding hydrogens is 356 g/mol. The summed E-state index contributed by atoms with van der Waals surface area (Å²) in [6, 6.07) is 10.2. The van der Waals surface area contributed by atoms with Crippen LogP contribution in [-0.4, -0.2) is 13.0 Å². The number of hydrogen-bond donors (Lipinski definition) is 0. The number of ketones is 1. The van der Waals surface area contributed by atoms with E-state index < -0.39 is 24.8 Å². The van der Waals surface area contributed by atoms with Gasteiger partial charge in [0, 0.05) is 11.6 Å². The van der Waals surface area contributed by atoms with Crippen molar-refractivity contribution in [1.29, 1.82) is 5.39 Å². The number of carbonyl (C=O) groups is 1. The third kappa shape index (κ3) is 6.62. The smallest absolute Gasteiger partial charge is 0.418 e. The van der Waals surface area contributed by atoms with E-state index in [1.54, 1.807) is 18.2 Å². The number of alkyl halides is 3. The molecule has 0 fully saturated rings. The van der Waals surface area contributed by atoms with Crippen molar-refractivity contribution >= 4 is 18.7 Å². The quantitative estimate of drug-likeness (QED) is 0.296.